The molecule has 2 nitrogen and oxygen atoms in total. The maximum absolute atomic E-state index is 6.37. The first-order valence-corrected chi connectivity index (χ1v) is 8.76. The molecule has 0 aliphatic heterocycles. The van der Waals surface area contributed by atoms with Crippen molar-refractivity contribution in [3.05, 3.63) is 91.0 Å². The fourth-order valence-electron chi connectivity index (χ4n) is 3.80. The zero-order valence-corrected chi connectivity index (χ0v) is 14.2. The van der Waals surface area contributed by atoms with Crippen molar-refractivity contribution < 1.29 is 0 Å². The van der Waals surface area contributed by atoms with Crippen molar-refractivity contribution in [2.24, 2.45) is 0 Å². The van der Waals surface area contributed by atoms with Gasteiger partial charge in [0, 0.05) is 16.3 Å². The Hall–Kier alpha value is -3.52. The van der Waals surface area contributed by atoms with Gasteiger partial charge in [0.05, 0.1) is 11.2 Å². The highest BCUT2D eigenvalue weighted by atomic mass is 14.7. The summed E-state index contributed by atoms with van der Waals surface area (Å²) in [5.74, 6) is 0. The third-order valence-corrected chi connectivity index (χ3v) is 5.01. The summed E-state index contributed by atoms with van der Waals surface area (Å²) in [6.45, 7) is 0. The second-order valence-electron chi connectivity index (χ2n) is 6.53. The topological polar surface area (TPSA) is 41.8 Å². The minimum Gasteiger partial charge on any atom is -0.397 e. The molecule has 0 unspecified atom stereocenters. The van der Waals surface area contributed by atoms with Crippen molar-refractivity contribution in [1.82, 2.24) is 4.98 Å². The van der Waals surface area contributed by atoms with E-state index in [1.807, 2.05) is 12.1 Å². The van der Waals surface area contributed by atoms with E-state index < -0.39 is 0 Å². The summed E-state index contributed by atoms with van der Waals surface area (Å²) in [6.07, 6.45) is 0. The van der Waals surface area contributed by atoms with E-state index in [4.69, 9.17) is 5.73 Å². The van der Waals surface area contributed by atoms with Gasteiger partial charge < -0.3 is 10.7 Å². The molecule has 0 amide bonds. The lowest BCUT2D eigenvalue weighted by Gasteiger charge is -2.03. The highest BCUT2D eigenvalue weighted by molar-refractivity contribution is 6.19. The number of anilines is 1. The Kier molecular flexibility index (Phi) is 3.29. The monoisotopic (exact) mass is 334 g/mol. The van der Waals surface area contributed by atoms with Gasteiger partial charge in [0.1, 0.15) is 0 Å². The average Bonchev–Trinajstić information content (AvgIpc) is 2.74. The van der Waals surface area contributed by atoms with Gasteiger partial charge in [-0.25, -0.2) is 0 Å². The number of nitrogens with two attached hydrogens (primary N) is 1. The number of benzene rings is 4. The van der Waals surface area contributed by atoms with Crippen molar-refractivity contribution in [3.8, 4) is 0 Å². The van der Waals surface area contributed by atoms with Crippen LogP contribution in [-0.4, -0.2) is 4.98 Å². The molecule has 0 fully saturated rings. The lowest BCUT2D eigenvalue weighted by molar-refractivity contribution is 1.52. The predicted octanol–water partition coefficient (Wildman–Crippen LogP) is 6.33. The van der Waals surface area contributed by atoms with E-state index in [2.05, 4.69) is 83.8 Å². The van der Waals surface area contributed by atoms with E-state index in [0.29, 0.717) is 0 Å². The van der Waals surface area contributed by atoms with Crippen LogP contribution in [0.4, 0.5) is 5.69 Å². The summed E-state index contributed by atoms with van der Waals surface area (Å²) >= 11 is 0. The number of fused-ring (bicyclic) bond motifs is 7. The van der Waals surface area contributed by atoms with Gasteiger partial charge >= 0.3 is 0 Å². The van der Waals surface area contributed by atoms with Crippen molar-refractivity contribution in [3.63, 3.8) is 0 Å². The summed E-state index contributed by atoms with van der Waals surface area (Å²) < 4.78 is 0. The van der Waals surface area contributed by atoms with Crippen molar-refractivity contribution in [1.29, 1.82) is 0 Å². The average molecular weight is 334 g/mol. The van der Waals surface area contributed by atoms with Gasteiger partial charge in [0.15, 0.2) is 0 Å². The van der Waals surface area contributed by atoms with Gasteiger partial charge in [0.2, 0.25) is 0 Å². The van der Waals surface area contributed by atoms with Crippen molar-refractivity contribution in [2.75, 3.05) is 5.73 Å². The van der Waals surface area contributed by atoms with Crippen LogP contribution in [0, 0.1) is 0 Å². The van der Waals surface area contributed by atoms with Gasteiger partial charge in [-0.2, -0.15) is 0 Å². The largest absolute Gasteiger partial charge is 0.397 e. The summed E-state index contributed by atoms with van der Waals surface area (Å²) in [5.41, 5.74) is 9.14. The Morgan fingerprint density at radius 3 is 1.58 bits per heavy atom. The molecular weight excluding hydrogens is 316 g/mol. The molecule has 0 aliphatic rings. The van der Waals surface area contributed by atoms with Crippen LogP contribution in [-0.2, 0) is 0 Å². The molecule has 4 aromatic carbocycles. The Labute approximate surface area is 151 Å². The van der Waals surface area contributed by atoms with Gasteiger partial charge in [-0.15, -0.1) is 0 Å². The third-order valence-electron chi connectivity index (χ3n) is 5.01. The second-order valence-corrected chi connectivity index (χ2v) is 6.53. The molecule has 0 aliphatic carbocycles. The molecule has 5 rings (SSSR count). The van der Waals surface area contributed by atoms with E-state index >= 15 is 0 Å². The Balaban J connectivity index is 2.28. The van der Waals surface area contributed by atoms with Crippen LogP contribution >= 0.6 is 0 Å². The smallest absolute Gasteiger partial charge is 0.0697 e. The number of nitrogens with one attached hydrogen (secondary N) is 1. The molecule has 0 atom stereocenters. The summed E-state index contributed by atoms with van der Waals surface area (Å²) in [6, 6.07) is 31.6. The third kappa shape index (κ3) is 2.20. The van der Waals surface area contributed by atoms with Crippen LogP contribution in [0.15, 0.2) is 91.0 Å². The zero-order chi connectivity index (χ0) is 17.5. The molecule has 0 radical (unpaired) electrons. The lowest BCUT2D eigenvalue weighted by atomic mass is 10.0. The first-order chi connectivity index (χ1) is 12.8. The predicted molar refractivity (Wildman–Crippen MR) is 113 cm³/mol. The van der Waals surface area contributed by atoms with Gasteiger partial charge in [0.25, 0.3) is 0 Å². The number of aromatic amines is 1. The highest BCUT2D eigenvalue weighted by Crippen LogP contribution is 2.32. The van der Waals surface area contributed by atoms with Crippen LogP contribution in [0.25, 0.3) is 43.4 Å². The fraction of sp³-hybridized carbons (Fsp3) is 0. The van der Waals surface area contributed by atoms with E-state index in [1.54, 1.807) is 0 Å². The Morgan fingerprint density at radius 2 is 0.923 bits per heavy atom. The summed E-state index contributed by atoms with van der Waals surface area (Å²) in [5, 5.41) is 7.14. The first kappa shape index (κ1) is 14.8. The van der Waals surface area contributed by atoms with Crippen LogP contribution in [0.2, 0.25) is 0 Å². The molecule has 0 saturated carbocycles. The van der Waals surface area contributed by atoms with Gasteiger partial charge in [-0.1, -0.05) is 78.9 Å². The lowest BCUT2D eigenvalue weighted by Crippen LogP contribution is -1.88. The van der Waals surface area contributed by atoms with E-state index in [9.17, 15) is 0 Å². The minimum atomic E-state index is 0.748. The molecule has 1 aromatic heterocycles. The van der Waals surface area contributed by atoms with Crippen LogP contribution in [0.5, 0.6) is 0 Å². The second kappa shape index (κ2) is 5.78. The molecule has 3 N–H and O–H groups in total. The van der Waals surface area contributed by atoms with E-state index in [1.165, 1.54) is 26.9 Å². The fourth-order valence-corrected chi connectivity index (χ4v) is 3.80. The SMILES string of the molecule is Nc1cccc2c1[nH]c1ccccc1c1ccccc1c1ccccc21. The number of rotatable bonds is 0. The summed E-state index contributed by atoms with van der Waals surface area (Å²) in [4.78, 5) is 3.61. The van der Waals surface area contributed by atoms with E-state index in [0.717, 1.165) is 22.1 Å². The molecule has 2 heteroatoms. The van der Waals surface area contributed by atoms with Gasteiger partial charge in [-0.3, -0.25) is 0 Å². The van der Waals surface area contributed by atoms with Crippen LogP contribution < -0.4 is 5.73 Å². The number of hydrogen-bond donors (Lipinski definition) is 2. The van der Waals surface area contributed by atoms with Crippen molar-refractivity contribution >= 4 is 49.0 Å². The molecular formula is C24H18N2. The molecule has 5 aromatic rings. The Morgan fingerprint density at radius 1 is 0.462 bits per heavy atom. The van der Waals surface area contributed by atoms with E-state index in [-0.39, 0.29) is 0 Å². The standard InChI is InChI=1S/C24H18N2/c25-22-14-7-13-21-19-11-4-2-9-17(19)16-8-1-3-10-18(16)20-12-5-6-15-23(20)26-24(21)22/h1-15,26H,25H2. The number of H-pyrrole nitrogens is 1. The van der Waals surface area contributed by atoms with Crippen molar-refractivity contribution in [2.45, 2.75) is 0 Å². The van der Waals surface area contributed by atoms with Crippen LogP contribution in [0.3, 0.4) is 0 Å². The van der Waals surface area contributed by atoms with Gasteiger partial charge in [-0.05, 0) is 33.7 Å². The zero-order valence-electron chi connectivity index (χ0n) is 14.2. The first-order valence-electron chi connectivity index (χ1n) is 8.76. The molecule has 0 bridgehead atoms. The highest BCUT2D eigenvalue weighted by Gasteiger charge is 2.05. The minimum absolute atomic E-state index is 0.748. The number of nitrogen functional groups attached to an aromatic ring is 1. The molecule has 0 spiro atoms. The molecule has 0 saturated heterocycles. The normalized spacial score (nSPS) is 11.2. The molecule has 1 heterocycles. The number of para-hydroxylation sites is 2. The maximum Gasteiger partial charge on any atom is 0.0697 e. The quantitative estimate of drug-likeness (QED) is 0.319. The molecule has 124 valence electrons. The maximum atomic E-state index is 6.37. The number of aromatic nitrogens is 1. The summed E-state index contributed by atoms with van der Waals surface area (Å²) in [7, 11) is 0. The molecule has 26 heavy (non-hydrogen) atoms. The number of hydrogen-bond acceptors (Lipinski definition) is 1. The Bertz CT molecular complexity index is 1340. The van der Waals surface area contributed by atoms with Crippen LogP contribution in [0.1, 0.15) is 0 Å².